The van der Waals surface area contributed by atoms with Crippen LogP contribution in [-0.4, -0.2) is 12.1 Å². The molecule has 2 heteroatoms. The molecular formula is C14H22N2. The maximum absolute atomic E-state index is 6.08. The average molecular weight is 218 g/mol. The first-order chi connectivity index (χ1) is 7.56. The summed E-state index contributed by atoms with van der Waals surface area (Å²) < 4.78 is 0. The Labute approximate surface area is 98.2 Å². The quantitative estimate of drug-likeness (QED) is 0.760. The SMILES string of the molecule is Cc1ccc([C@@H]2C[C@H](N)C[C@H](C)N2)cc1C. The number of benzene rings is 1. The maximum atomic E-state index is 6.08. The van der Waals surface area contributed by atoms with E-state index in [1.807, 2.05) is 0 Å². The minimum Gasteiger partial charge on any atom is -0.328 e. The first kappa shape index (κ1) is 11.6. The average Bonchev–Trinajstić information content (AvgIpc) is 2.20. The molecule has 0 spiro atoms. The van der Waals surface area contributed by atoms with Gasteiger partial charge in [0.05, 0.1) is 0 Å². The van der Waals surface area contributed by atoms with E-state index in [1.165, 1.54) is 16.7 Å². The van der Waals surface area contributed by atoms with E-state index in [9.17, 15) is 0 Å². The molecule has 1 aliphatic heterocycles. The van der Waals surface area contributed by atoms with Crippen molar-refractivity contribution in [1.82, 2.24) is 5.32 Å². The first-order valence-corrected chi connectivity index (χ1v) is 6.15. The Morgan fingerprint density at radius 1 is 1.19 bits per heavy atom. The zero-order valence-corrected chi connectivity index (χ0v) is 10.5. The van der Waals surface area contributed by atoms with Gasteiger partial charge in [-0.15, -0.1) is 0 Å². The fourth-order valence-corrected chi connectivity index (χ4v) is 2.55. The zero-order chi connectivity index (χ0) is 11.7. The number of piperidine rings is 1. The molecule has 0 amide bonds. The molecule has 2 nitrogen and oxygen atoms in total. The molecule has 1 aliphatic rings. The van der Waals surface area contributed by atoms with Gasteiger partial charge in [0.2, 0.25) is 0 Å². The predicted octanol–water partition coefficient (Wildman–Crippen LogP) is 2.44. The molecule has 0 unspecified atom stereocenters. The Morgan fingerprint density at radius 3 is 2.56 bits per heavy atom. The molecular weight excluding hydrogens is 196 g/mol. The first-order valence-electron chi connectivity index (χ1n) is 6.15. The molecule has 0 saturated carbocycles. The smallest absolute Gasteiger partial charge is 0.0337 e. The molecule has 1 heterocycles. The third-order valence-electron chi connectivity index (χ3n) is 3.61. The normalized spacial score (nSPS) is 30.4. The lowest BCUT2D eigenvalue weighted by molar-refractivity contribution is 0.307. The molecule has 1 fully saturated rings. The van der Waals surface area contributed by atoms with E-state index < -0.39 is 0 Å². The van der Waals surface area contributed by atoms with Gasteiger partial charge in [-0.2, -0.15) is 0 Å². The topological polar surface area (TPSA) is 38.0 Å². The van der Waals surface area contributed by atoms with E-state index in [-0.39, 0.29) is 0 Å². The molecule has 1 aromatic rings. The molecule has 3 N–H and O–H groups in total. The van der Waals surface area contributed by atoms with Gasteiger partial charge in [-0.25, -0.2) is 0 Å². The van der Waals surface area contributed by atoms with Crippen LogP contribution in [0.15, 0.2) is 18.2 Å². The minimum atomic E-state index is 0.336. The highest BCUT2D eigenvalue weighted by molar-refractivity contribution is 5.32. The summed E-state index contributed by atoms with van der Waals surface area (Å²) in [5, 5.41) is 3.63. The summed E-state index contributed by atoms with van der Waals surface area (Å²) in [6.07, 6.45) is 2.13. The Morgan fingerprint density at radius 2 is 1.94 bits per heavy atom. The number of nitrogens with one attached hydrogen (secondary N) is 1. The summed E-state index contributed by atoms with van der Waals surface area (Å²) in [5.74, 6) is 0. The van der Waals surface area contributed by atoms with E-state index in [4.69, 9.17) is 5.73 Å². The van der Waals surface area contributed by atoms with Gasteiger partial charge in [0.1, 0.15) is 0 Å². The van der Waals surface area contributed by atoms with Crippen LogP contribution in [0.3, 0.4) is 0 Å². The second kappa shape index (κ2) is 4.56. The van der Waals surface area contributed by atoms with Crippen molar-refractivity contribution in [3.8, 4) is 0 Å². The van der Waals surface area contributed by atoms with Crippen molar-refractivity contribution < 1.29 is 0 Å². The number of hydrogen-bond acceptors (Lipinski definition) is 2. The van der Waals surface area contributed by atoms with Crippen molar-refractivity contribution in [3.63, 3.8) is 0 Å². The lowest BCUT2D eigenvalue weighted by atomic mass is 9.89. The largest absolute Gasteiger partial charge is 0.328 e. The maximum Gasteiger partial charge on any atom is 0.0337 e. The molecule has 0 bridgehead atoms. The highest BCUT2D eigenvalue weighted by atomic mass is 15.0. The Kier molecular flexibility index (Phi) is 3.31. The van der Waals surface area contributed by atoms with Crippen molar-refractivity contribution in [3.05, 3.63) is 34.9 Å². The Bertz CT molecular complexity index is 363. The predicted molar refractivity (Wildman–Crippen MR) is 68.5 cm³/mol. The third kappa shape index (κ3) is 2.45. The second-order valence-electron chi connectivity index (χ2n) is 5.20. The molecule has 88 valence electrons. The van der Waals surface area contributed by atoms with Crippen LogP contribution in [0, 0.1) is 13.8 Å². The van der Waals surface area contributed by atoms with Gasteiger partial charge in [-0.1, -0.05) is 18.2 Å². The molecule has 1 aromatic carbocycles. The third-order valence-corrected chi connectivity index (χ3v) is 3.61. The highest BCUT2D eigenvalue weighted by Crippen LogP contribution is 2.26. The van der Waals surface area contributed by atoms with Gasteiger partial charge < -0.3 is 11.1 Å². The van der Waals surface area contributed by atoms with Crippen LogP contribution in [0.1, 0.15) is 42.5 Å². The Hall–Kier alpha value is -0.860. The molecule has 0 radical (unpaired) electrons. The molecule has 2 rings (SSSR count). The van der Waals surface area contributed by atoms with Gasteiger partial charge in [0.25, 0.3) is 0 Å². The van der Waals surface area contributed by atoms with Crippen LogP contribution in [0.25, 0.3) is 0 Å². The van der Waals surface area contributed by atoms with Crippen LogP contribution in [0.4, 0.5) is 0 Å². The van der Waals surface area contributed by atoms with E-state index in [2.05, 4.69) is 44.3 Å². The van der Waals surface area contributed by atoms with Crippen LogP contribution in [-0.2, 0) is 0 Å². The van der Waals surface area contributed by atoms with Crippen molar-refractivity contribution in [2.45, 2.75) is 51.7 Å². The number of rotatable bonds is 1. The van der Waals surface area contributed by atoms with Crippen LogP contribution in [0.5, 0.6) is 0 Å². The number of hydrogen-bond donors (Lipinski definition) is 2. The summed E-state index contributed by atoms with van der Waals surface area (Å²) in [6, 6.07) is 8.01. The van der Waals surface area contributed by atoms with Crippen LogP contribution in [0.2, 0.25) is 0 Å². The van der Waals surface area contributed by atoms with E-state index in [0.717, 1.165) is 12.8 Å². The summed E-state index contributed by atoms with van der Waals surface area (Å²) in [4.78, 5) is 0. The number of nitrogens with two attached hydrogens (primary N) is 1. The fourth-order valence-electron chi connectivity index (χ4n) is 2.55. The van der Waals surface area contributed by atoms with Crippen molar-refractivity contribution in [2.75, 3.05) is 0 Å². The lowest BCUT2D eigenvalue weighted by Crippen LogP contribution is -2.44. The van der Waals surface area contributed by atoms with E-state index >= 15 is 0 Å². The van der Waals surface area contributed by atoms with E-state index in [1.54, 1.807) is 0 Å². The van der Waals surface area contributed by atoms with Crippen molar-refractivity contribution in [1.29, 1.82) is 0 Å². The zero-order valence-electron chi connectivity index (χ0n) is 10.5. The molecule has 16 heavy (non-hydrogen) atoms. The van der Waals surface area contributed by atoms with Gasteiger partial charge in [-0.05, 0) is 50.3 Å². The van der Waals surface area contributed by atoms with Crippen molar-refractivity contribution >= 4 is 0 Å². The Balaban J connectivity index is 2.19. The molecule has 0 aromatic heterocycles. The summed E-state index contributed by atoms with van der Waals surface area (Å²) in [7, 11) is 0. The molecule has 0 aliphatic carbocycles. The van der Waals surface area contributed by atoms with Gasteiger partial charge in [0.15, 0.2) is 0 Å². The van der Waals surface area contributed by atoms with Gasteiger partial charge in [-0.3, -0.25) is 0 Å². The minimum absolute atomic E-state index is 0.336. The van der Waals surface area contributed by atoms with Crippen molar-refractivity contribution in [2.24, 2.45) is 5.73 Å². The summed E-state index contributed by atoms with van der Waals surface area (Å²) in [5.41, 5.74) is 10.2. The monoisotopic (exact) mass is 218 g/mol. The number of aryl methyl sites for hydroxylation is 2. The second-order valence-corrected chi connectivity index (χ2v) is 5.20. The van der Waals surface area contributed by atoms with Crippen LogP contribution < -0.4 is 11.1 Å². The fraction of sp³-hybridized carbons (Fsp3) is 0.571. The van der Waals surface area contributed by atoms with Gasteiger partial charge >= 0.3 is 0 Å². The lowest BCUT2D eigenvalue weighted by Gasteiger charge is -2.33. The summed E-state index contributed by atoms with van der Waals surface area (Å²) in [6.45, 7) is 6.54. The molecule has 1 saturated heterocycles. The van der Waals surface area contributed by atoms with Crippen LogP contribution >= 0.6 is 0 Å². The highest BCUT2D eigenvalue weighted by Gasteiger charge is 2.24. The van der Waals surface area contributed by atoms with Gasteiger partial charge in [0, 0.05) is 18.1 Å². The standard InChI is InChI=1S/C14H22N2/c1-9-4-5-12(6-10(9)2)14-8-13(15)7-11(3)16-14/h4-6,11,13-14,16H,7-8,15H2,1-3H3/t11-,13+,14-/m0/s1. The molecule has 3 atom stereocenters. The van der Waals surface area contributed by atoms with E-state index in [0.29, 0.717) is 18.1 Å². The summed E-state index contributed by atoms with van der Waals surface area (Å²) >= 11 is 0.